The first-order valence-corrected chi connectivity index (χ1v) is 8.39. The Kier molecular flexibility index (Phi) is 3.65. The van der Waals surface area contributed by atoms with Crippen molar-refractivity contribution in [3.63, 3.8) is 0 Å². The smallest absolute Gasteiger partial charge is 0.151 e. The third-order valence-corrected chi connectivity index (χ3v) is 4.92. The van der Waals surface area contributed by atoms with Crippen molar-refractivity contribution in [3.8, 4) is 10.7 Å². The molecule has 0 unspecified atom stereocenters. The first-order chi connectivity index (χ1) is 11.6. The van der Waals surface area contributed by atoms with Crippen LogP contribution in [0.2, 0.25) is 0 Å². The number of thiophene rings is 1. The molecule has 0 bridgehead atoms. The zero-order valence-electron chi connectivity index (χ0n) is 13.0. The molecule has 0 spiro atoms. The number of fused-ring (bicyclic) bond motifs is 1. The normalized spacial score (nSPS) is 11.3. The molecule has 0 radical (unpaired) electrons. The summed E-state index contributed by atoms with van der Waals surface area (Å²) in [6.45, 7) is 2.59. The molecule has 2 heterocycles. The minimum Gasteiger partial charge on any atom is -0.319 e. The number of aryl methyl sites for hydroxylation is 1. The monoisotopic (exact) mass is 340 g/mol. The van der Waals surface area contributed by atoms with Gasteiger partial charge in [-0.25, -0.2) is 13.8 Å². The molecule has 0 amide bonds. The molecule has 0 saturated heterocycles. The molecule has 2 nitrogen and oxygen atoms in total. The molecule has 0 atom stereocenters. The Labute approximate surface area is 142 Å². The maximum absolute atomic E-state index is 13.6. The Balaban J connectivity index is 1.88. The van der Waals surface area contributed by atoms with Crippen molar-refractivity contribution < 1.29 is 8.78 Å². The summed E-state index contributed by atoms with van der Waals surface area (Å²) in [7, 11) is 0. The third kappa shape index (κ3) is 2.71. The van der Waals surface area contributed by atoms with Gasteiger partial charge in [0.1, 0.15) is 11.6 Å². The van der Waals surface area contributed by atoms with Crippen LogP contribution in [-0.2, 0) is 6.54 Å². The topological polar surface area (TPSA) is 17.8 Å². The molecule has 0 N–H and O–H groups in total. The van der Waals surface area contributed by atoms with Gasteiger partial charge in [-0.05, 0) is 48.9 Å². The number of aromatic nitrogens is 2. The van der Waals surface area contributed by atoms with Crippen LogP contribution in [0, 0.1) is 18.6 Å². The van der Waals surface area contributed by atoms with Gasteiger partial charge < -0.3 is 4.57 Å². The maximum Gasteiger partial charge on any atom is 0.151 e. The highest BCUT2D eigenvalue weighted by Gasteiger charge is 2.15. The number of imidazole rings is 1. The molecule has 0 aliphatic rings. The van der Waals surface area contributed by atoms with E-state index in [4.69, 9.17) is 0 Å². The van der Waals surface area contributed by atoms with Crippen molar-refractivity contribution in [2.24, 2.45) is 0 Å². The number of hydrogen-bond donors (Lipinski definition) is 0. The highest BCUT2D eigenvalue weighted by atomic mass is 32.1. The van der Waals surface area contributed by atoms with E-state index < -0.39 is 0 Å². The second kappa shape index (κ2) is 5.83. The van der Waals surface area contributed by atoms with E-state index in [-0.39, 0.29) is 11.6 Å². The van der Waals surface area contributed by atoms with Crippen LogP contribution in [0.25, 0.3) is 21.7 Å². The van der Waals surface area contributed by atoms with E-state index in [9.17, 15) is 8.78 Å². The standard InChI is InChI=1S/C19H14F2N2S/c1-12-2-9-18(24-12)19-22-16-10-15(21)7-8-17(16)23(19)11-13-3-5-14(20)6-4-13/h2-10H,11H2,1H3. The summed E-state index contributed by atoms with van der Waals surface area (Å²) in [6.07, 6.45) is 0. The average molecular weight is 340 g/mol. The summed E-state index contributed by atoms with van der Waals surface area (Å²) in [4.78, 5) is 6.85. The Morgan fingerprint density at radius 1 is 0.958 bits per heavy atom. The zero-order chi connectivity index (χ0) is 16.7. The minimum absolute atomic E-state index is 0.259. The van der Waals surface area contributed by atoms with Gasteiger partial charge in [0, 0.05) is 17.5 Å². The van der Waals surface area contributed by atoms with E-state index in [1.54, 1.807) is 29.5 Å². The fourth-order valence-electron chi connectivity index (χ4n) is 2.78. The van der Waals surface area contributed by atoms with Gasteiger partial charge in [0.25, 0.3) is 0 Å². The summed E-state index contributed by atoms with van der Waals surface area (Å²) in [5.74, 6) is 0.242. The third-order valence-electron chi connectivity index (χ3n) is 3.92. The Morgan fingerprint density at radius 2 is 1.71 bits per heavy atom. The molecule has 0 aliphatic heterocycles. The van der Waals surface area contributed by atoms with E-state index in [2.05, 4.69) is 4.98 Å². The first kappa shape index (κ1) is 15.0. The summed E-state index contributed by atoms with van der Waals surface area (Å²) in [5.41, 5.74) is 2.45. The second-order valence-corrected chi connectivity index (χ2v) is 6.98. The highest BCUT2D eigenvalue weighted by Crippen LogP contribution is 2.31. The number of hydrogen-bond acceptors (Lipinski definition) is 2. The van der Waals surface area contributed by atoms with E-state index in [0.29, 0.717) is 12.1 Å². The molecular formula is C19H14F2N2S. The fraction of sp³-hybridized carbons (Fsp3) is 0.105. The van der Waals surface area contributed by atoms with Crippen molar-refractivity contribution in [1.82, 2.24) is 9.55 Å². The first-order valence-electron chi connectivity index (χ1n) is 7.57. The summed E-state index contributed by atoms with van der Waals surface area (Å²) in [5, 5.41) is 0. The molecule has 2 aromatic carbocycles. The van der Waals surface area contributed by atoms with E-state index >= 15 is 0 Å². The van der Waals surface area contributed by atoms with Crippen LogP contribution in [-0.4, -0.2) is 9.55 Å². The van der Waals surface area contributed by atoms with Gasteiger partial charge in [-0.15, -0.1) is 11.3 Å². The van der Waals surface area contributed by atoms with Crippen molar-refractivity contribution in [3.05, 3.63) is 76.7 Å². The average Bonchev–Trinajstić information content (AvgIpc) is 3.13. The molecular weight excluding hydrogens is 326 g/mol. The predicted molar refractivity (Wildman–Crippen MR) is 93.2 cm³/mol. The molecule has 0 aliphatic carbocycles. The molecule has 24 heavy (non-hydrogen) atoms. The van der Waals surface area contributed by atoms with Crippen LogP contribution in [0.1, 0.15) is 10.4 Å². The van der Waals surface area contributed by atoms with Crippen LogP contribution in [0.15, 0.2) is 54.6 Å². The van der Waals surface area contributed by atoms with Crippen molar-refractivity contribution >= 4 is 22.4 Å². The van der Waals surface area contributed by atoms with Crippen molar-refractivity contribution in [1.29, 1.82) is 0 Å². The fourth-order valence-corrected chi connectivity index (χ4v) is 3.64. The number of halogens is 2. The maximum atomic E-state index is 13.6. The van der Waals surface area contributed by atoms with Gasteiger partial charge in [0.15, 0.2) is 5.82 Å². The zero-order valence-corrected chi connectivity index (χ0v) is 13.8. The summed E-state index contributed by atoms with van der Waals surface area (Å²) >= 11 is 1.65. The lowest BCUT2D eigenvalue weighted by Crippen LogP contribution is -2.01. The van der Waals surface area contributed by atoms with Crippen LogP contribution in [0.3, 0.4) is 0 Å². The summed E-state index contributed by atoms with van der Waals surface area (Å²) in [6, 6.07) is 15.1. The Bertz CT molecular complexity index is 1020. The molecule has 5 heteroatoms. The lowest BCUT2D eigenvalue weighted by molar-refractivity contribution is 0.626. The predicted octanol–water partition coefficient (Wildman–Crippen LogP) is 5.40. The van der Waals surface area contributed by atoms with E-state index in [1.807, 2.05) is 23.6 Å². The van der Waals surface area contributed by atoms with Gasteiger partial charge in [0.05, 0.1) is 15.9 Å². The number of benzene rings is 2. The van der Waals surface area contributed by atoms with Crippen LogP contribution >= 0.6 is 11.3 Å². The largest absolute Gasteiger partial charge is 0.319 e. The van der Waals surface area contributed by atoms with E-state index in [1.165, 1.54) is 29.1 Å². The van der Waals surface area contributed by atoms with Crippen LogP contribution < -0.4 is 0 Å². The Morgan fingerprint density at radius 3 is 2.42 bits per heavy atom. The van der Waals surface area contributed by atoms with Crippen molar-refractivity contribution in [2.75, 3.05) is 0 Å². The SMILES string of the molecule is Cc1ccc(-c2nc3cc(F)ccc3n2Cc2ccc(F)cc2)s1. The molecule has 120 valence electrons. The van der Waals surface area contributed by atoms with Gasteiger partial charge in [-0.2, -0.15) is 0 Å². The molecule has 2 aromatic heterocycles. The minimum atomic E-state index is -0.303. The summed E-state index contributed by atoms with van der Waals surface area (Å²) < 4.78 is 28.8. The molecule has 0 saturated carbocycles. The molecule has 4 aromatic rings. The van der Waals surface area contributed by atoms with Crippen LogP contribution in [0.5, 0.6) is 0 Å². The second-order valence-electron chi connectivity index (χ2n) is 5.69. The van der Waals surface area contributed by atoms with Gasteiger partial charge in [0.2, 0.25) is 0 Å². The number of nitrogens with zero attached hydrogens (tertiary/aromatic N) is 2. The van der Waals surface area contributed by atoms with E-state index in [0.717, 1.165) is 21.8 Å². The molecule has 0 fully saturated rings. The van der Waals surface area contributed by atoms with Gasteiger partial charge in [-0.1, -0.05) is 12.1 Å². The Hall–Kier alpha value is -2.53. The van der Waals surface area contributed by atoms with Gasteiger partial charge >= 0.3 is 0 Å². The number of rotatable bonds is 3. The van der Waals surface area contributed by atoms with Gasteiger partial charge in [-0.3, -0.25) is 0 Å². The van der Waals surface area contributed by atoms with Crippen LogP contribution in [0.4, 0.5) is 8.78 Å². The lowest BCUT2D eigenvalue weighted by atomic mass is 10.2. The quantitative estimate of drug-likeness (QED) is 0.488. The lowest BCUT2D eigenvalue weighted by Gasteiger charge is -2.08. The van der Waals surface area contributed by atoms with Crippen molar-refractivity contribution in [2.45, 2.75) is 13.5 Å². The molecule has 4 rings (SSSR count). The highest BCUT2D eigenvalue weighted by molar-refractivity contribution is 7.15.